The Morgan fingerprint density at radius 3 is 2.47 bits per heavy atom. The van der Waals surface area contributed by atoms with Crippen molar-refractivity contribution in [3.63, 3.8) is 0 Å². The van der Waals surface area contributed by atoms with Crippen molar-refractivity contribution in [1.82, 2.24) is 0 Å². The van der Waals surface area contributed by atoms with E-state index in [9.17, 15) is 0 Å². The van der Waals surface area contributed by atoms with Crippen LogP contribution in [0.4, 0.5) is 5.69 Å². The van der Waals surface area contributed by atoms with E-state index >= 15 is 0 Å². The van der Waals surface area contributed by atoms with Gasteiger partial charge in [-0.2, -0.15) is 0 Å². The number of nitrogens with zero attached hydrogens (tertiary/aromatic N) is 1. The van der Waals surface area contributed by atoms with Crippen molar-refractivity contribution in [3.05, 3.63) is 28.8 Å². The Labute approximate surface area is 117 Å². The first-order chi connectivity index (χ1) is 7.91. The molecular weight excluding hydrogens is 279 g/mol. The fourth-order valence-electron chi connectivity index (χ4n) is 1.30. The summed E-state index contributed by atoms with van der Waals surface area (Å²) >= 11 is 17.8. The Kier molecular flexibility index (Phi) is 5.57. The van der Waals surface area contributed by atoms with E-state index in [1.165, 1.54) is 0 Å². The maximum Gasteiger partial charge on any atom is 0.164 e. The van der Waals surface area contributed by atoms with Crippen LogP contribution in [0.2, 0.25) is 5.02 Å². The molecule has 5 heteroatoms. The number of halogens is 3. The van der Waals surface area contributed by atoms with E-state index in [1.54, 1.807) is 0 Å². The van der Waals surface area contributed by atoms with E-state index < -0.39 is 4.84 Å². The lowest BCUT2D eigenvalue weighted by Gasteiger charge is -2.14. The number of hydrogen-bond donors (Lipinski definition) is 1. The monoisotopic (exact) mass is 292 g/mol. The summed E-state index contributed by atoms with van der Waals surface area (Å²) in [5, 5.41) is 3.81. The Balaban J connectivity index is 2.98. The topological polar surface area (TPSA) is 24.4 Å². The predicted molar refractivity (Wildman–Crippen MR) is 77.9 cm³/mol. The van der Waals surface area contributed by atoms with Crippen molar-refractivity contribution in [2.45, 2.75) is 31.6 Å². The standard InChI is InChI=1S/C12H15Cl3N2/c1-7(2)16-12(11(14)15)17-10-6-4-5-9(13)8(10)3/h4-7,11H,1-3H3,(H,16,17). The second kappa shape index (κ2) is 6.48. The molecule has 1 aromatic carbocycles. The molecule has 0 unspecified atom stereocenters. The van der Waals surface area contributed by atoms with Crippen LogP contribution < -0.4 is 5.32 Å². The number of anilines is 1. The molecule has 0 atom stereocenters. The van der Waals surface area contributed by atoms with Crippen LogP contribution in [0.15, 0.2) is 23.2 Å². The molecule has 0 amide bonds. The smallest absolute Gasteiger partial charge is 0.164 e. The maximum atomic E-state index is 6.04. The largest absolute Gasteiger partial charge is 0.341 e. The van der Waals surface area contributed by atoms with Crippen molar-refractivity contribution in [1.29, 1.82) is 0 Å². The normalized spacial score (nSPS) is 12.4. The molecule has 0 fully saturated rings. The molecule has 1 rings (SSSR count). The minimum absolute atomic E-state index is 0.122. The van der Waals surface area contributed by atoms with Gasteiger partial charge in [-0.05, 0) is 38.5 Å². The van der Waals surface area contributed by atoms with Crippen molar-refractivity contribution in [2.75, 3.05) is 5.32 Å². The highest BCUT2D eigenvalue weighted by Gasteiger charge is 2.12. The van der Waals surface area contributed by atoms with Gasteiger partial charge in [-0.15, -0.1) is 0 Å². The number of hydrogen-bond acceptors (Lipinski definition) is 1. The van der Waals surface area contributed by atoms with Crippen LogP contribution in [0, 0.1) is 6.92 Å². The molecule has 0 saturated carbocycles. The Morgan fingerprint density at radius 1 is 1.29 bits per heavy atom. The van der Waals surface area contributed by atoms with E-state index in [0.29, 0.717) is 10.9 Å². The molecular formula is C12H15Cl3N2. The van der Waals surface area contributed by atoms with Crippen LogP contribution in [-0.4, -0.2) is 16.7 Å². The van der Waals surface area contributed by atoms with Gasteiger partial charge in [0, 0.05) is 16.8 Å². The molecule has 94 valence electrons. The van der Waals surface area contributed by atoms with Crippen LogP contribution >= 0.6 is 34.8 Å². The molecule has 17 heavy (non-hydrogen) atoms. The van der Waals surface area contributed by atoms with Crippen molar-refractivity contribution in [3.8, 4) is 0 Å². The van der Waals surface area contributed by atoms with Gasteiger partial charge < -0.3 is 5.32 Å². The summed E-state index contributed by atoms with van der Waals surface area (Å²) in [6.45, 7) is 5.85. The van der Waals surface area contributed by atoms with Crippen LogP contribution in [0.5, 0.6) is 0 Å². The highest BCUT2D eigenvalue weighted by molar-refractivity contribution is 6.55. The average molecular weight is 294 g/mol. The van der Waals surface area contributed by atoms with Gasteiger partial charge in [0.15, 0.2) is 4.84 Å². The first-order valence-corrected chi connectivity index (χ1v) is 6.55. The molecule has 2 nitrogen and oxygen atoms in total. The lowest BCUT2D eigenvalue weighted by Crippen LogP contribution is -2.21. The maximum absolute atomic E-state index is 6.04. The van der Waals surface area contributed by atoms with E-state index in [1.807, 2.05) is 39.0 Å². The van der Waals surface area contributed by atoms with E-state index in [0.717, 1.165) is 11.3 Å². The Hall–Kier alpha value is -0.440. The number of rotatable bonds is 3. The third-order valence-electron chi connectivity index (χ3n) is 2.13. The predicted octanol–water partition coefficient (Wildman–Crippen LogP) is 4.67. The summed E-state index contributed by atoms with van der Waals surface area (Å²) in [6, 6.07) is 5.73. The highest BCUT2D eigenvalue weighted by Crippen LogP contribution is 2.24. The number of aliphatic imine (C=N–C) groups is 1. The Morgan fingerprint density at radius 2 is 1.94 bits per heavy atom. The van der Waals surface area contributed by atoms with Crippen molar-refractivity contribution in [2.24, 2.45) is 4.99 Å². The third kappa shape index (κ3) is 4.38. The fourth-order valence-corrected chi connectivity index (χ4v) is 1.70. The molecule has 0 aliphatic heterocycles. The summed E-state index contributed by atoms with van der Waals surface area (Å²) in [6.07, 6.45) is 0. The second-order valence-corrected chi connectivity index (χ2v) is 5.45. The molecule has 1 N–H and O–H groups in total. The lowest BCUT2D eigenvalue weighted by atomic mass is 10.2. The molecule has 1 aromatic rings. The number of benzene rings is 1. The molecule has 0 spiro atoms. The molecule has 0 saturated heterocycles. The van der Waals surface area contributed by atoms with Gasteiger partial charge in [0.05, 0.1) is 0 Å². The van der Waals surface area contributed by atoms with E-state index in [-0.39, 0.29) is 6.04 Å². The van der Waals surface area contributed by atoms with Crippen LogP contribution in [0.25, 0.3) is 0 Å². The molecule has 0 aliphatic carbocycles. The fraction of sp³-hybridized carbons (Fsp3) is 0.417. The van der Waals surface area contributed by atoms with Crippen molar-refractivity contribution < 1.29 is 0 Å². The second-order valence-electron chi connectivity index (χ2n) is 3.95. The summed E-state index contributed by atoms with van der Waals surface area (Å²) in [4.78, 5) is 3.66. The van der Waals surface area contributed by atoms with Gasteiger partial charge in [-0.1, -0.05) is 40.9 Å². The average Bonchev–Trinajstić information content (AvgIpc) is 2.22. The summed E-state index contributed by atoms with van der Waals surface area (Å²) < 4.78 is 0. The minimum Gasteiger partial charge on any atom is -0.341 e. The summed E-state index contributed by atoms with van der Waals surface area (Å²) in [7, 11) is 0. The van der Waals surface area contributed by atoms with E-state index in [4.69, 9.17) is 34.8 Å². The first-order valence-electron chi connectivity index (χ1n) is 5.29. The van der Waals surface area contributed by atoms with Crippen LogP contribution in [0.3, 0.4) is 0 Å². The number of nitrogens with one attached hydrogen (secondary N) is 1. The SMILES string of the molecule is Cc1c(Cl)cccc1NC(=NC(C)C)C(Cl)Cl. The number of amidine groups is 1. The summed E-state index contributed by atoms with van der Waals surface area (Å²) in [5.74, 6) is 0.536. The quantitative estimate of drug-likeness (QED) is 0.489. The highest BCUT2D eigenvalue weighted by atomic mass is 35.5. The van der Waals surface area contributed by atoms with Gasteiger partial charge in [-0.25, -0.2) is 0 Å². The molecule has 0 radical (unpaired) electrons. The van der Waals surface area contributed by atoms with Gasteiger partial charge >= 0.3 is 0 Å². The van der Waals surface area contributed by atoms with Gasteiger partial charge in [0.2, 0.25) is 0 Å². The minimum atomic E-state index is -0.684. The van der Waals surface area contributed by atoms with E-state index in [2.05, 4.69) is 10.3 Å². The number of alkyl halides is 2. The zero-order valence-corrected chi connectivity index (χ0v) is 12.2. The molecule has 0 aromatic heterocycles. The molecule has 0 heterocycles. The van der Waals surface area contributed by atoms with Crippen LogP contribution in [-0.2, 0) is 0 Å². The zero-order valence-electron chi connectivity index (χ0n) is 9.97. The summed E-state index contributed by atoms with van der Waals surface area (Å²) in [5.41, 5.74) is 1.81. The van der Waals surface area contributed by atoms with Gasteiger partial charge in [0.25, 0.3) is 0 Å². The van der Waals surface area contributed by atoms with Crippen molar-refractivity contribution >= 4 is 46.3 Å². The zero-order chi connectivity index (χ0) is 13.0. The lowest BCUT2D eigenvalue weighted by molar-refractivity contribution is 0.834. The third-order valence-corrected chi connectivity index (χ3v) is 2.96. The van der Waals surface area contributed by atoms with Gasteiger partial charge in [-0.3, -0.25) is 4.99 Å². The van der Waals surface area contributed by atoms with Crippen LogP contribution in [0.1, 0.15) is 19.4 Å². The first kappa shape index (κ1) is 14.6. The molecule has 0 aliphatic rings. The van der Waals surface area contributed by atoms with Gasteiger partial charge in [0.1, 0.15) is 5.84 Å². The Bertz CT molecular complexity index is 414. The molecule has 0 bridgehead atoms.